The van der Waals surface area contributed by atoms with Gasteiger partial charge in [-0.2, -0.15) is 0 Å². The number of nitrogens with zero attached hydrogens (tertiary/aromatic N) is 3. The summed E-state index contributed by atoms with van der Waals surface area (Å²) < 4.78 is 0. The quantitative estimate of drug-likeness (QED) is 0.755. The lowest BCUT2D eigenvalue weighted by molar-refractivity contribution is 0.175. The highest BCUT2D eigenvalue weighted by Gasteiger charge is 2.14. The van der Waals surface area contributed by atoms with Crippen LogP contribution < -0.4 is 5.32 Å². The molecule has 1 N–H and O–H groups in total. The molecule has 0 bridgehead atoms. The molecular formula is C14H28N4S. The van der Waals surface area contributed by atoms with E-state index in [1.165, 1.54) is 4.88 Å². The van der Waals surface area contributed by atoms with Crippen LogP contribution in [-0.4, -0.2) is 54.6 Å². The van der Waals surface area contributed by atoms with E-state index in [-0.39, 0.29) is 0 Å². The summed E-state index contributed by atoms with van der Waals surface area (Å²) in [6, 6.07) is 0.564. The zero-order valence-corrected chi connectivity index (χ0v) is 13.8. The van der Waals surface area contributed by atoms with Crippen molar-refractivity contribution in [1.82, 2.24) is 14.8 Å². The first-order valence-electron chi connectivity index (χ1n) is 7.14. The Morgan fingerprint density at radius 2 is 2.11 bits per heavy atom. The first-order valence-corrected chi connectivity index (χ1v) is 7.95. The summed E-state index contributed by atoms with van der Waals surface area (Å²) in [7, 11) is 4.26. The van der Waals surface area contributed by atoms with Crippen molar-refractivity contribution in [3.8, 4) is 0 Å². The summed E-state index contributed by atoms with van der Waals surface area (Å²) in [6.45, 7) is 10.9. The Labute approximate surface area is 121 Å². The molecule has 19 heavy (non-hydrogen) atoms. The molecule has 0 amide bonds. The maximum absolute atomic E-state index is 4.43. The molecule has 5 heteroatoms. The molecule has 4 nitrogen and oxygen atoms in total. The number of hydrogen-bond donors (Lipinski definition) is 1. The van der Waals surface area contributed by atoms with Crippen molar-refractivity contribution in [2.24, 2.45) is 0 Å². The fourth-order valence-electron chi connectivity index (χ4n) is 2.12. The van der Waals surface area contributed by atoms with Crippen molar-refractivity contribution in [2.45, 2.75) is 39.8 Å². The van der Waals surface area contributed by atoms with Crippen molar-refractivity contribution in [3.63, 3.8) is 0 Å². The lowest BCUT2D eigenvalue weighted by Gasteiger charge is -2.29. The number of nitrogens with one attached hydrogen (secondary N) is 1. The van der Waals surface area contributed by atoms with Gasteiger partial charge < -0.3 is 10.2 Å². The van der Waals surface area contributed by atoms with Gasteiger partial charge in [0, 0.05) is 36.8 Å². The number of aromatic nitrogens is 1. The summed E-state index contributed by atoms with van der Waals surface area (Å²) >= 11 is 1.78. The van der Waals surface area contributed by atoms with E-state index in [4.69, 9.17) is 0 Å². The van der Waals surface area contributed by atoms with E-state index in [0.29, 0.717) is 6.04 Å². The molecule has 0 aromatic carbocycles. The Kier molecular flexibility index (Phi) is 7.34. The van der Waals surface area contributed by atoms with Crippen LogP contribution in [-0.2, 0) is 6.54 Å². The lowest BCUT2D eigenvalue weighted by atomic mass is 10.2. The van der Waals surface area contributed by atoms with Crippen LogP contribution in [0.25, 0.3) is 0 Å². The average Bonchev–Trinajstić information content (AvgIpc) is 2.80. The maximum Gasteiger partial charge on any atom is 0.182 e. The summed E-state index contributed by atoms with van der Waals surface area (Å²) in [4.78, 5) is 10.5. The van der Waals surface area contributed by atoms with E-state index in [1.54, 1.807) is 11.3 Å². The summed E-state index contributed by atoms with van der Waals surface area (Å²) in [6.07, 6.45) is 3.14. The van der Waals surface area contributed by atoms with E-state index >= 15 is 0 Å². The van der Waals surface area contributed by atoms with E-state index < -0.39 is 0 Å². The monoisotopic (exact) mass is 284 g/mol. The molecule has 0 aliphatic rings. The zero-order chi connectivity index (χ0) is 14.3. The van der Waals surface area contributed by atoms with Gasteiger partial charge in [-0.05, 0) is 34.0 Å². The Morgan fingerprint density at radius 3 is 2.68 bits per heavy atom. The molecule has 0 aliphatic heterocycles. The molecule has 0 radical (unpaired) electrons. The van der Waals surface area contributed by atoms with Gasteiger partial charge in [-0.15, -0.1) is 11.3 Å². The number of likely N-dealkylation sites (N-methyl/N-ethyl adjacent to an activating group) is 2. The molecule has 1 aromatic rings. The van der Waals surface area contributed by atoms with Crippen LogP contribution in [0.15, 0.2) is 6.20 Å². The van der Waals surface area contributed by atoms with Gasteiger partial charge in [-0.3, -0.25) is 4.90 Å². The minimum atomic E-state index is 0.564. The molecule has 1 heterocycles. The maximum atomic E-state index is 4.43. The molecule has 0 aliphatic carbocycles. The largest absolute Gasteiger partial charge is 0.362 e. The number of hydrogen-bond acceptors (Lipinski definition) is 5. The van der Waals surface area contributed by atoms with Crippen LogP contribution in [0.5, 0.6) is 0 Å². The normalized spacial score (nSPS) is 13.2. The Bertz CT molecular complexity index is 351. The van der Waals surface area contributed by atoms with Gasteiger partial charge in [-0.25, -0.2) is 4.98 Å². The van der Waals surface area contributed by atoms with Crippen molar-refractivity contribution >= 4 is 16.5 Å². The number of rotatable bonds is 9. The van der Waals surface area contributed by atoms with Crippen LogP contribution >= 0.6 is 11.3 Å². The molecule has 0 saturated heterocycles. The highest BCUT2D eigenvalue weighted by Crippen LogP contribution is 2.20. The molecular weight excluding hydrogens is 256 g/mol. The number of thiazole rings is 1. The minimum Gasteiger partial charge on any atom is -0.362 e. The fourth-order valence-corrected chi connectivity index (χ4v) is 2.98. The van der Waals surface area contributed by atoms with Crippen LogP contribution in [0.4, 0.5) is 5.13 Å². The van der Waals surface area contributed by atoms with Gasteiger partial charge in [0.05, 0.1) is 0 Å². The third-order valence-electron chi connectivity index (χ3n) is 3.10. The van der Waals surface area contributed by atoms with Gasteiger partial charge in [0.25, 0.3) is 0 Å². The molecule has 0 spiro atoms. The van der Waals surface area contributed by atoms with Crippen molar-refractivity contribution in [3.05, 3.63) is 11.1 Å². The average molecular weight is 284 g/mol. The Morgan fingerprint density at radius 1 is 1.37 bits per heavy atom. The standard InChI is InChI=1S/C14H28N4S/c1-6-8-15-14-16-9-13(19-14)11-18(7-2)12(3)10-17(4)5/h9,12H,6-8,10-11H2,1-5H3,(H,15,16). The molecule has 1 aromatic heterocycles. The first kappa shape index (κ1) is 16.4. The Balaban J connectivity index is 2.52. The van der Waals surface area contributed by atoms with E-state index in [9.17, 15) is 0 Å². The van der Waals surface area contributed by atoms with Crippen LogP contribution in [0.1, 0.15) is 32.1 Å². The van der Waals surface area contributed by atoms with Crippen molar-refractivity contribution in [1.29, 1.82) is 0 Å². The third-order valence-corrected chi connectivity index (χ3v) is 4.04. The molecule has 1 atom stereocenters. The highest BCUT2D eigenvalue weighted by molar-refractivity contribution is 7.15. The van der Waals surface area contributed by atoms with E-state index in [1.807, 2.05) is 6.20 Å². The topological polar surface area (TPSA) is 31.4 Å². The van der Waals surface area contributed by atoms with Crippen LogP contribution in [0, 0.1) is 0 Å². The SMILES string of the molecule is CCCNc1ncc(CN(CC)C(C)CN(C)C)s1. The van der Waals surface area contributed by atoms with Gasteiger partial charge in [0.1, 0.15) is 0 Å². The van der Waals surface area contributed by atoms with Gasteiger partial charge >= 0.3 is 0 Å². The lowest BCUT2D eigenvalue weighted by Crippen LogP contribution is -2.39. The molecule has 0 saturated carbocycles. The van der Waals surface area contributed by atoms with E-state index in [0.717, 1.165) is 37.7 Å². The molecule has 110 valence electrons. The van der Waals surface area contributed by atoms with Crippen molar-refractivity contribution in [2.75, 3.05) is 39.0 Å². The second-order valence-corrected chi connectivity index (χ2v) is 6.35. The highest BCUT2D eigenvalue weighted by atomic mass is 32.1. The summed E-state index contributed by atoms with van der Waals surface area (Å²) in [5, 5.41) is 4.40. The van der Waals surface area contributed by atoms with Gasteiger partial charge in [0.15, 0.2) is 5.13 Å². The third kappa shape index (κ3) is 5.89. The molecule has 1 rings (SSSR count). The van der Waals surface area contributed by atoms with Gasteiger partial charge in [0.2, 0.25) is 0 Å². The fraction of sp³-hybridized carbons (Fsp3) is 0.786. The predicted molar refractivity (Wildman–Crippen MR) is 85.0 cm³/mol. The zero-order valence-electron chi connectivity index (χ0n) is 12.9. The van der Waals surface area contributed by atoms with Crippen molar-refractivity contribution < 1.29 is 0 Å². The van der Waals surface area contributed by atoms with Crippen LogP contribution in [0.2, 0.25) is 0 Å². The predicted octanol–water partition coefficient (Wildman–Crippen LogP) is 2.74. The second kappa shape index (κ2) is 8.51. The first-order chi connectivity index (χ1) is 9.06. The van der Waals surface area contributed by atoms with E-state index in [2.05, 4.69) is 55.0 Å². The Hall–Kier alpha value is -0.650. The van der Waals surface area contributed by atoms with Crippen LogP contribution in [0.3, 0.4) is 0 Å². The molecule has 1 unspecified atom stereocenters. The second-order valence-electron chi connectivity index (χ2n) is 5.23. The minimum absolute atomic E-state index is 0.564. The molecule has 0 fully saturated rings. The van der Waals surface area contributed by atoms with Gasteiger partial charge in [-0.1, -0.05) is 13.8 Å². The smallest absolute Gasteiger partial charge is 0.182 e. The summed E-state index contributed by atoms with van der Waals surface area (Å²) in [5.74, 6) is 0. The number of anilines is 1. The summed E-state index contributed by atoms with van der Waals surface area (Å²) in [5.41, 5.74) is 0.